The minimum atomic E-state index is -1.49. The topological polar surface area (TPSA) is 46.2 Å². The third kappa shape index (κ3) is 10.7. The number of benzene rings is 2. The number of ether oxygens (including phenoxy) is 3. The normalized spacial score (nSPS) is 12.6. The standard InChI is InChI=1S/C27H44O5Si2/c1-27(2,24-11-15-26(16-12-24)30-20-22-32-34(6,7)8)23-9-13-25(14-10-23)29-19-17-28-18-21-31-33(3,4)5/h9-16H,17-22H2,1-8H3. The van der Waals surface area contributed by atoms with Crippen molar-refractivity contribution in [2.75, 3.05) is 39.6 Å². The molecule has 0 amide bonds. The van der Waals surface area contributed by atoms with Crippen LogP contribution in [-0.2, 0) is 19.0 Å². The molecule has 7 heteroatoms. The van der Waals surface area contributed by atoms with E-state index in [-0.39, 0.29) is 5.41 Å². The third-order valence-corrected chi connectivity index (χ3v) is 7.44. The number of hydrogen-bond acceptors (Lipinski definition) is 5. The minimum Gasteiger partial charge on any atom is -0.491 e. The first kappa shape index (κ1) is 28.6. The Morgan fingerprint density at radius 2 is 0.882 bits per heavy atom. The SMILES string of the molecule is CC(C)(c1ccc(OCCOCCO[Si](C)(C)C)cc1)c1ccc(OCCO[Si](C)(C)C)cc1. The average molecular weight is 505 g/mol. The predicted octanol–water partition coefficient (Wildman–Crippen LogP) is 6.49. The van der Waals surface area contributed by atoms with E-state index in [1.54, 1.807) is 0 Å². The summed E-state index contributed by atoms with van der Waals surface area (Å²) in [5, 5.41) is 0. The third-order valence-electron chi connectivity index (χ3n) is 5.30. The van der Waals surface area contributed by atoms with Gasteiger partial charge in [0.15, 0.2) is 16.6 Å². The molecule has 0 aliphatic rings. The molecule has 0 saturated heterocycles. The van der Waals surface area contributed by atoms with Gasteiger partial charge in [0, 0.05) is 5.41 Å². The number of rotatable bonds is 15. The Kier molecular flexibility index (Phi) is 10.8. The van der Waals surface area contributed by atoms with E-state index in [1.165, 1.54) is 11.1 Å². The van der Waals surface area contributed by atoms with E-state index in [0.717, 1.165) is 11.5 Å². The summed E-state index contributed by atoms with van der Waals surface area (Å²) in [7, 11) is -2.95. The highest BCUT2D eigenvalue weighted by Gasteiger charge is 2.23. The smallest absolute Gasteiger partial charge is 0.183 e. The first-order valence-corrected chi connectivity index (χ1v) is 19.0. The van der Waals surface area contributed by atoms with Crippen molar-refractivity contribution in [3.8, 4) is 11.5 Å². The van der Waals surface area contributed by atoms with Crippen LogP contribution in [0.2, 0.25) is 39.3 Å². The van der Waals surface area contributed by atoms with Crippen molar-refractivity contribution < 1.29 is 23.1 Å². The minimum absolute atomic E-state index is 0.127. The molecule has 0 aliphatic heterocycles. The molecule has 0 fully saturated rings. The molecule has 34 heavy (non-hydrogen) atoms. The van der Waals surface area contributed by atoms with Crippen molar-refractivity contribution in [1.82, 2.24) is 0 Å². The van der Waals surface area contributed by atoms with E-state index >= 15 is 0 Å². The van der Waals surface area contributed by atoms with Crippen LogP contribution in [-0.4, -0.2) is 56.3 Å². The molecule has 0 unspecified atom stereocenters. The molecular weight excluding hydrogens is 460 g/mol. The molecule has 0 saturated carbocycles. The summed E-state index contributed by atoms with van der Waals surface area (Å²) >= 11 is 0. The molecule has 5 nitrogen and oxygen atoms in total. The Morgan fingerprint density at radius 3 is 1.29 bits per heavy atom. The van der Waals surface area contributed by atoms with Gasteiger partial charge in [0.05, 0.1) is 26.4 Å². The van der Waals surface area contributed by atoms with E-state index in [1.807, 2.05) is 24.3 Å². The maximum absolute atomic E-state index is 5.85. The van der Waals surface area contributed by atoms with Gasteiger partial charge < -0.3 is 23.1 Å². The molecule has 0 bridgehead atoms. The molecule has 0 aromatic heterocycles. The Hall–Kier alpha value is -1.65. The molecule has 2 rings (SSSR count). The Labute approximate surface area is 209 Å². The van der Waals surface area contributed by atoms with Crippen molar-refractivity contribution in [2.45, 2.75) is 58.5 Å². The van der Waals surface area contributed by atoms with Gasteiger partial charge >= 0.3 is 0 Å². The predicted molar refractivity (Wildman–Crippen MR) is 145 cm³/mol. The van der Waals surface area contributed by atoms with Crippen LogP contribution in [0, 0.1) is 0 Å². The van der Waals surface area contributed by atoms with Crippen molar-refractivity contribution in [3.63, 3.8) is 0 Å². The van der Waals surface area contributed by atoms with Crippen molar-refractivity contribution in [3.05, 3.63) is 59.7 Å². The summed E-state index contributed by atoms with van der Waals surface area (Å²) in [6.45, 7) is 21.1. The lowest BCUT2D eigenvalue weighted by molar-refractivity contribution is 0.0748. The van der Waals surface area contributed by atoms with Gasteiger partial charge in [0.25, 0.3) is 0 Å². The van der Waals surface area contributed by atoms with E-state index in [2.05, 4.69) is 77.4 Å². The fraction of sp³-hybridized carbons (Fsp3) is 0.556. The Morgan fingerprint density at radius 1 is 0.529 bits per heavy atom. The number of hydrogen-bond donors (Lipinski definition) is 0. The zero-order chi connectivity index (χ0) is 25.2. The molecule has 0 spiro atoms. The summed E-state index contributed by atoms with van der Waals surface area (Å²) in [6.07, 6.45) is 0. The highest BCUT2D eigenvalue weighted by molar-refractivity contribution is 6.70. The highest BCUT2D eigenvalue weighted by Crippen LogP contribution is 2.33. The van der Waals surface area contributed by atoms with Crippen molar-refractivity contribution >= 4 is 16.6 Å². The van der Waals surface area contributed by atoms with Crippen molar-refractivity contribution in [2.24, 2.45) is 0 Å². The van der Waals surface area contributed by atoms with Gasteiger partial charge in [-0.05, 0) is 74.7 Å². The maximum atomic E-state index is 5.85. The second-order valence-electron chi connectivity index (χ2n) is 10.9. The summed E-state index contributed by atoms with van der Waals surface area (Å²) in [5.41, 5.74) is 2.34. The van der Waals surface area contributed by atoms with Crippen molar-refractivity contribution in [1.29, 1.82) is 0 Å². The first-order valence-electron chi connectivity index (χ1n) is 12.2. The van der Waals surface area contributed by atoms with Gasteiger partial charge in [-0.25, -0.2) is 0 Å². The van der Waals surface area contributed by atoms with E-state index < -0.39 is 16.6 Å². The van der Waals surface area contributed by atoms with Crippen LogP contribution in [0.15, 0.2) is 48.5 Å². The summed E-state index contributed by atoms with van der Waals surface area (Å²) in [4.78, 5) is 0. The van der Waals surface area contributed by atoms with Crippen LogP contribution in [0.3, 0.4) is 0 Å². The average Bonchev–Trinajstić information content (AvgIpc) is 2.75. The molecule has 0 radical (unpaired) electrons. The molecule has 0 atom stereocenters. The molecule has 2 aromatic carbocycles. The second-order valence-corrected chi connectivity index (χ2v) is 19.9. The lowest BCUT2D eigenvalue weighted by atomic mass is 9.78. The van der Waals surface area contributed by atoms with E-state index in [4.69, 9.17) is 23.1 Å². The molecular formula is C27H44O5Si2. The highest BCUT2D eigenvalue weighted by atomic mass is 28.4. The molecule has 0 aliphatic carbocycles. The maximum Gasteiger partial charge on any atom is 0.183 e. The molecule has 2 aromatic rings. The summed E-state index contributed by atoms with van der Waals surface area (Å²) in [5.74, 6) is 1.72. The molecule has 0 N–H and O–H groups in total. The fourth-order valence-electron chi connectivity index (χ4n) is 3.34. The molecule has 190 valence electrons. The van der Waals surface area contributed by atoms with Crippen LogP contribution in [0.1, 0.15) is 25.0 Å². The van der Waals surface area contributed by atoms with Gasteiger partial charge in [0.2, 0.25) is 0 Å². The lowest BCUT2D eigenvalue weighted by Gasteiger charge is -2.26. The summed E-state index contributed by atoms with van der Waals surface area (Å²) in [6, 6.07) is 16.7. The van der Waals surface area contributed by atoms with Gasteiger partial charge in [-0.3, -0.25) is 0 Å². The molecule has 0 heterocycles. The fourth-order valence-corrected chi connectivity index (χ4v) is 4.73. The van der Waals surface area contributed by atoms with Crippen LogP contribution in [0.4, 0.5) is 0 Å². The lowest BCUT2D eigenvalue weighted by Crippen LogP contribution is -2.27. The second kappa shape index (κ2) is 12.9. The van der Waals surface area contributed by atoms with Crippen LogP contribution in [0.5, 0.6) is 11.5 Å². The largest absolute Gasteiger partial charge is 0.491 e. The Bertz CT molecular complexity index is 837. The monoisotopic (exact) mass is 504 g/mol. The van der Waals surface area contributed by atoms with Gasteiger partial charge in [-0.1, -0.05) is 38.1 Å². The zero-order valence-electron chi connectivity index (χ0n) is 22.4. The van der Waals surface area contributed by atoms with Crippen LogP contribution < -0.4 is 9.47 Å². The van der Waals surface area contributed by atoms with Crippen LogP contribution in [0.25, 0.3) is 0 Å². The van der Waals surface area contributed by atoms with E-state index in [0.29, 0.717) is 39.6 Å². The zero-order valence-corrected chi connectivity index (χ0v) is 24.4. The quantitative estimate of drug-likeness (QED) is 0.205. The van der Waals surface area contributed by atoms with E-state index in [9.17, 15) is 0 Å². The Balaban J connectivity index is 1.79. The van der Waals surface area contributed by atoms with Gasteiger partial charge in [-0.2, -0.15) is 0 Å². The first-order chi connectivity index (χ1) is 15.9. The van der Waals surface area contributed by atoms with Crippen LogP contribution >= 0.6 is 0 Å². The summed E-state index contributed by atoms with van der Waals surface area (Å²) < 4.78 is 28.9. The van der Waals surface area contributed by atoms with Gasteiger partial charge in [-0.15, -0.1) is 0 Å². The van der Waals surface area contributed by atoms with Gasteiger partial charge in [0.1, 0.15) is 24.7 Å².